The molecule has 1 nitrogen and oxygen atoms in total. The second-order valence-electron chi connectivity index (χ2n) is 3.40. The van der Waals surface area contributed by atoms with Gasteiger partial charge in [-0.25, -0.2) is 0 Å². The maximum Gasteiger partial charge on any atom is 0.0872 e. The fourth-order valence-electron chi connectivity index (χ4n) is 2.54. The van der Waals surface area contributed by atoms with Crippen LogP contribution in [0.5, 0.6) is 0 Å². The standard InChI is InChI=1S/C7H10O/c1-2-5-3-4(1)6-7(5)8-6/h4-7H,1-3H2/t4-,5+,6+,7-. The third-order valence-electron chi connectivity index (χ3n) is 3.00. The zero-order chi connectivity index (χ0) is 5.14. The highest BCUT2D eigenvalue weighted by atomic mass is 16.6. The van der Waals surface area contributed by atoms with Gasteiger partial charge in [-0.3, -0.25) is 0 Å². The van der Waals surface area contributed by atoms with E-state index in [9.17, 15) is 0 Å². The summed E-state index contributed by atoms with van der Waals surface area (Å²) >= 11 is 0. The minimum absolute atomic E-state index is 0.744. The van der Waals surface area contributed by atoms with Gasteiger partial charge in [-0.1, -0.05) is 0 Å². The first-order chi connectivity index (χ1) is 3.95. The summed E-state index contributed by atoms with van der Waals surface area (Å²) in [6.45, 7) is 0. The van der Waals surface area contributed by atoms with E-state index in [4.69, 9.17) is 4.74 Å². The van der Waals surface area contributed by atoms with Crippen LogP contribution in [0.3, 0.4) is 0 Å². The molecule has 2 saturated carbocycles. The van der Waals surface area contributed by atoms with Crippen molar-refractivity contribution >= 4 is 0 Å². The SMILES string of the molecule is C1C[C@@H]2C[C@H]1[C@H]1O[C@@H]21. The highest BCUT2D eigenvalue weighted by Gasteiger charge is 2.59. The summed E-state index contributed by atoms with van der Waals surface area (Å²) in [6, 6.07) is 0. The maximum absolute atomic E-state index is 5.44. The molecule has 3 rings (SSSR count). The van der Waals surface area contributed by atoms with Gasteiger partial charge >= 0.3 is 0 Å². The Balaban J connectivity index is 2.02. The Morgan fingerprint density at radius 2 is 1.62 bits per heavy atom. The van der Waals surface area contributed by atoms with Gasteiger partial charge in [-0.2, -0.15) is 0 Å². The first kappa shape index (κ1) is 3.89. The number of hydrogen-bond acceptors (Lipinski definition) is 1. The summed E-state index contributed by atoms with van der Waals surface area (Å²) in [5.41, 5.74) is 0. The average Bonchev–Trinajstić information content (AvgIpc) is 2.39. The number of rotatable bonds is 0. The molecule has 0 aromatic rings. The molecule has 1 heteroatoms. The molecule has 0 N–H and O–H groups in total. The van der Waals surface area contributed by atoms with Crippen LogP contribution in [0.1, 0.15) is 19.3 Å². The smallest absolute Gasteiger partial charge is 0.0872 e. The molecule has 1 aliphatic heterocycles. The Labute approximate surface area is 49.0 Å². The molecule has 0 unspecified atom stereocenters. The van der Waals surface area contributed by atoms with Crippen LogP contribution in [0.25, 0.3) is 0 Å². The van der Waals surface area contributed by atoms with Crippen molar-refractivity contribution in [2.75, 3.05) is 0 Å². The highest BCUT2D eigenvalue weighted by molar-refractivity contribution is 5.07. The van der Waals surface area contributed by atoms with Crippen molar-refractivity contribution in [3.8, 4) is 0 Å². The normalized spacial score (nSPS) is 66.0. The first-order valence-electron chi connectivity index (χ1n) is 3.60. The maximum atomic E-state index is 5.44. The molecule has 0 aromatic carbocycles. The second kappa shape index (κ2) is 0.971. The molecule has 4 atom stereocenters. The van der Waals surface area contributed by atoms with Crippen molar-refractivity contribution in [1.82, 2.24) is 0 Å². The number of fused-ring (bicyclic) bond motifs is 5. The van der Waals surface area contributed by atoms with Gasteiger partial charge in [0.25, 0.3) is 0 Å². The van der Waals surface area contributed by atoms with Crippen LogP contribution in [-0.2, 0) is 4.74 Å². The first-order valence-corrected chi connectivity index (χ1v) is 3.60. The van der Waals surface area contributed by atoms with E-state index in [-0.39, 0.29) is 0 Å². The van der Waals surface area contributed by atoms with Crippen LogP contribution in [0.15, 0.2) is 0 Å². The molecule has 1 saturated heterocycles. The molecule has 0 spiro atoms. The van der Waals surface area contributed by atoms with Gasteiger partial charge in [0.2, 0.25) is 0 Å². The number of ether oxygens (including phenoxy) is 1. The quantitative estimate of drug-likeness (QED) is 0.427. The minimum atomic E-state index is 0.744. The van der Waals surface area contributed by atoms with Gasteiger partial charge in [0, 0.05) is 0 Å². The van der Waals surface area contributed by atoms with Crippen molar-refractivity contribution in [3.63, 3.8) is 0 Å². The third kappa shape index (κ3) is 0.278. The predicted octanol–water partition coefficient (Wildman–Crippen LogP) is 1.18. The lowest BCUT2D eigenvalue weighted by atomic mass is 10.0. The lowest BCUT2D eigenvalue weighted by Gasteiger charge is -1.99. The summed E-state index contributed by atoms with van der Waals surface area (Å²) < 4.78 is 5.44. The van der Waals surface area contributed by atoms with Gasteiger partial charge in [0.15, 0.2) is 0 Å². The molecule has 2 bridgehead atoms. The molecular weight excluding hydrogens is 100 g/mol. The van der Waals surface area contributed by atoms with Crippen LogP contribution in [-0.4, -0.2) is 12.2 Å². The van der Waals surface area contributed by atoms with E-state index in [0.717, 1.165) is 24.0 Å². The molecule has 0 aromatic heterocycles. The Hall–Kier alpha value is -0.0400. The van der Waals surface area contributed by atoms with Gasteiger partial charge in [-0.15, -0.1) is 0 Å². The Kier molecular flexibility index (Phi) is 0.472. The van der Waals surface area contributed by atoms with Crippen LogP contribution < -0.4 is 0 Å². The van der Waals surface area contributed by atoms with Crippen molar-refractivity contribution in [3.05, 3.63) is 0 Å². The van der Waals surface area contributed by atoms with Crippen molar-refractivity contribution in [2.45, 2.75) is 31.5 Å². The summed E-state index contributed by atoms with van der Waals surface area (Å²) in [7, 11) is 0. The molecule has 0 amide bonds. The van der Waals surface area contributed by atoms with E-state index in [1.807, 2.05) is 0 Å². The Bertz CT molecular complexity index is 118. The Morgan fingerprint density at radius 3 is 2.00 bits per heavy atom. The van der Waals surface area contributed by atoms with Crippen LogP contribution in [0, 0.1) is 11.8 Å². The summed E-state index contributed by atoms with van der Waals surface area (Å²) in [4.78, 5) is 0. The largest absolute Gasteiger partial charge is 0.369 e. The average molecular weight is 110 g/mol. The molecule has 2 aliphatic carbocycles. The number of hydrogen-bond donors (Lipinski definition) is 0. The molecule has 3 aliphatic rings. The number of epoxide rings is 1. The van der Waals surface area contributed by atoms with E-state index in [2.05, 4.69) is 0 Å². The molecule has 0 radical (unpaired) electrons. The second-order valence-corrected chi connectivity index (χ2v) is 3.40. The zero-order valence-corrected chi connectivity index (χ0v) is 4.84. The van der Waals surface area contributed by atoms with E-state index < -0.39 is 0 Å². The Morgan fingerprint density at radius 1 is 1.00 bits per heavy atom. The van der Waals surface area contributed by atoms with E-state index in [1.165, 1.54) is 19.3 Å². The monoisotopic (exact) mass is 110 g/mol. The van der Waals surface area contributed by atoms with Crippen molar-refractivity contribution in [1.29, 1.82) is 0 Å². The van der Waals surface area contributed by atoms with Crippen molar-refractivity contribution < 1.29 is 4.74 Å². The van der Waals surface area contributed by atoms with Gasteiger partial charge in [-0.05, 0) is 31.1 Å². The van der Waals surface area contributed by atoms with E-state index in [1.54, 1.807) is 0 Å². The lowest BCUT2D eigenvalue weighted by molar-refractivity contribution is 0.264. The third-order valence-corrected chi connectivity index (χ3v) is 3.00. The molecule has 1 heterocycles. The van der Waals surface area contributed by atoms with Crippen LogP contribution in [0.4, 0.5) is 0 Å². The molecular formula is C7H10O. The molecule has 8 heavy (non-hydrogen) atoms. The van der Waals surface area contributed by atoms with Crippen molar-refractivity contribution in [2.24, 2.45) is 11.8 Å². The van der Waals surface area contributed by atoms with Gasteiger partial charge in [0.1, 0.15) is 0 Å². The topological polar surface area (TPSA) is 12.5 Å². The van der Waals surface area contributed by atoms with E-state index >= 15 is 0 Å². The summed E-state index contributed by atoms with van der Waals surface area (Å²) in [5, 5.41) is 0. The lowest BCUT2D eigenvalue weighted by Crippen LogP contribution is -2.04. The highest BCUT2D eigenvalue weighted by Crippen LogP contribution is 2.55. The van der Waals surface area contributed by atoms with Crippen LogP contribution in [0.2, 0.25) is 0 Å². The summed E-state index contributed by atoms with van der Waals surface area (Å²) in [6.07, 6.45) is 5.91. The minimum Gasteiger partial charge on any atom is -0.369 e. The fraction of sp³-hybridized carbons (Fsp3) is 1.00. The fourth-order valence-corrected chi connectivity index (χ4v) is 2.54. The van der Waals surface area contributed by atoms with Crippen LogP contribution >= 0.6 is 0 Å². The van der Waals surface area contributed by atoms with Gasteiger partial charge in [0.05, 0.1) is 12.2 Å². The van der Waals surface area contributed by atoms with Gasteiger partial charge < -0.3 is 4.74 Å². The van der Waals surface area contributed by atoms with E-state index in [0.29, 0.717) is 0 Å². The summed E-state index contributed by atoms with van der Waals surface area (Å²) in [5.74, 6) is 1.98. The molecule has 44 valence electrons. The molecule has 3 fully saturated rings. The predicted molar refractivity (Wildman–Crippen MR) is 29.5 cm³/mol. The zero-order valence-electron chi connectivity index (χ0n) is 4.84.